The highest BCUT2D eigenvalue weighted by atomic mass is 32.1. The molecule has 5 heteroatoms. The Morgan fingerprint density at radius 2 is 2.24 bits per heavy atom. The fraction of sp³-hybridized carbons (Fsp3) is 0.583. The molecule has 0 spiro atoms. The van der Waals surface area contributed by atoms with Gasteiger partial charge in [0.05, 0.1) is 0 Å². The number of ether oxygens (including phenoxy) is 1. The molecule has 0 atom stereocenters. The van der Waals surface area contributed by atoms with E-state index >= 15 is 0 Å². The Bertz CT molecular complexity index is 339. The Balaban J connectivity index is 2.07. The summed E-state index contributed by atoms with van der Waals surface area (Å²) >= 11 is 6.91. The van der Waals surface area contributed by atoms with Crippen LogP contribution in [-0.2, 0) is 11.3 Å². The van der Waals surface area contributed by atoms with Gasteiger partial charge < -0.3 is 15.4 Å². The molecule has 0 saturated carbocycles. The van der Waals surface area contributed by atoms with Gasteiger partial charge in [0.25, 0.3) is 0 Å². The summed E-state index contributed by atoms with van der Waals surface area (Å²) in [7, 11) is 0. The highest BCUT2D eigenvalue weighted by Gasteiger charge is 2.00. The molecule has 17 heavy (non-hydrogen) atoms. The van der Waals surface area contributed by atoms with Gasteiger partial charge in [-0.1, -0.05) is 0 Å². The summed E-state index contributed by atoms with van der Waals surface area (Å²) in [6.45, 7) is 7.34. The largest absolute Gasteiger partial charge is 0.382 e. The Morgan fingerprint density at radius 1 is 1.41 bits per heavy atom. The van der Waals surface area contributed by atoms with Crippen molar-refractivity contribution in [2.45, 2.75) is 26.8 Å². The van der Waals surface area contributed by atoms with E-state index in [1.54, 1.807) is 11.3 Å². The molecule has 0 saturated heterocycles. The van der Waals surface area contributed by atoms with Gasteiger partial charge in [-0.25, -0.2) is 0 Å². The van der Waals surface area contributed by atoms with E-state index in [1.165, 1.54) is 11.1 Å². The zero-order valence-electron chi connectivity index (χ0n) is 10.4. The molecule has 1 aromatic heterocycles. The molecule has 0 fully saturated rings. The standard InChI is InChI=1S/C12H20N2OS2/c1-3-15-6-4-5-13-12(16)14-7-11-9-17-8-10(11)2/h8-9H,3-7H2,1-2H3,(H2,13,14,16). The van der Waals surface area contributed by atoms with Gasteiger partial charge in [0, 0.05) is 26.3 Å². The van der Waals surface area contributed by atoms with Gasteiger partial charge in [-0.05, 0) is 54.4 Å². The predicted octanol–water partition coefficient (Wildman–Crippen LogP) is 2.45. The summed E-state index contributed by atoms with van der Waals surface area (Å²) in [6.07, 6.45) is 0.979. The zero-order chi connectivity index (χ0) is 12.5. The molecule has 0 aliphatic rings. The van der Waals surface area contributed by atoms with Gasteiger partial charge in [-0.3, -0.25) is 0 Å². The van der Waals surface area contributed by atoms with Gasteiger partial charge in [0.1, 0.15) is 0 Å². The van der Waals surface area contributed by atoms with Crippen molar-refractivity contribution in [1.29, 1.82) is 0 Å². The van der Waals surface area contributed by atoms with Crippen LogP contribution in [0.1, 0.15) is 24.5 Å². The highest BCUT2D eigenvalue weighted by molar-refractivity contribution is 7.80. The number of thiocarbonyl (C=S) groups is 1. The summed E-state index contributed by atoms with van der Waals surface area (Å²) in [5, 5.41) is 11.4. The molecule has 0 aromatic carbocycles. The first-order chi connectivity index (χ1) is 8.24. The normalized spacial score (nSPS) is 10.2. The van der Waals surface area contributed by atoms with Crippen molar-refractivity contribution in [1.82, 2.24) is 10.6 Å². The van der Waals surface area contributed by atoms with E-state index in [-0.39, 0.29) is 0 Å². The minimum Gasteiger partial charge on any atom is -0.382 e. The second-order valence-electron chi connectivity index (χ2n) is 3.74. The molecule has 1 aromatic rings. The summed E-state index contributed by atoms with van der Waals surface area (Å²) in [5.41, 5.74) is 2.63. The van der Waals surface area contributed by atoms with Gasteiger partial charge >= 0.3 is 0 Å². The molecule has 0 unspecified atom stereocenters. The smallest absolute Gasteiger partial charge is 0.166 e. The molecule has 1 rings (SSSR count). The monoisotopic (exact) mass is 272 g/mol. The average Bonchev–Trinajstić information content (AvgIpc) is 2.72. The van der Waals surface area contributed by atoms with Crippen LogP contribution in [0.15, 0.2) is 10.8 Å². The lowest BCUT2D eigenvalue weighted by molar-refractivity contribution is 0.145. The first-order valence-corrected chi connectivity index (χ1v) is 7.20. The predicted molar refractivity (Wildman–Crippen MR) is 77.6 cm³/mol. The third kappa shape index (κ3) is 6.00. The number of aryl methyl sites for hydroxylation is 1. The molecule has 0 aliphatic heterocycles. The molecule has 1 heterocycles. The maximum atomic E-state index is 5.25. The lowest BCUT2D eigenvalue weighted by atomic mass is 10.2. The number of thiophene rings is 1. The van der Waals surface area contributed by atoms with Crippen LogP contribution in [0, 0.1) is 6.92 Å². The van der Waals surface area contributed by atoms with E-state index in [9.17, 15) is 0 Å². The van der Waals surface area contributed by atoms with E-state index in [0.717, 1.165) is 32.7 Å². The molecule has 2 N–H and O–H groups in total. The van der Waals surface area contributed by atoms with Crippen LogP contribution in [0.4, 0.5) is 0 Å². The topological polar surface area (TPSA) is 33.3 Å². The Kier molecular flexibility index (Phi) is 7.16. The molecule has 3 nitrogen and oxygen atoms in total. The maximum absolute atomic E-state index is 5.25. The molecule has 0 radical (unpaired) electrons. The minimum absolute atomic E-state index is 0.715. The van der Waals surface area contributed by atoms with Crippen molar-refractivity contribution in [3.8, 4) is 0 Å². The minimum atomic E-state index is 0.715. The SMILES string of the molecule is CCOCCCNC(=S)NCc1cscc1C. The number of rotatable bonds is 7. The van der Waals surface area contributed by atoms with E-state index in [0.29, 0.717) is 5.11 Å². The summed E-state index contributed by atoms with van der Waals surface area (Å²) < 4.78 is 5.25. The van der Waals surface area contributed by atoms with Gasteiger partial charge in [-0.2, -0.15) is 11.3 Å². The number of hydrogen-bond acceptors (Lipinski definition) is 3. The fourth-order valence-corrected chi connectivity index (χ4v) is 2.36. The molecule has 0 bridgehead atoms. The van der Waals surface area contributed by atoms with Crippen molar-refractivity contribution < 1.29 is 4.74 Å². The fourth-order valence-electron chi connectivity index (χ4n) is 1.33. The van der Waals surface area contributed by atoms with Crippen LogP contribution in [0.25, 0.3) is 0 Å². The van der Waals surface area contributed by atoms with Crippen LogP contribution in [0.3, 0.4) is 0 Å². The van der Waals surface area contributed by atoms with Crippen LogP contribution < -0.4 is 10.6 Å². The summed E-state index contributed by atoms with van der Waals surface area (Å²) in [6, 6.07) is 0. The van der Waals surface area contributed by atoms with Crippen molar-refractivity contribution in [2.75, 3.05) is 19.8 Å². The number of nitrogens with one attached hydrogen (secondary N) is 2. The zero-order valence-corrected chi connectivity index (χ0v) is 12.0. The van der Waals surface area contributed by atoms with Crippen molar-refractivity contribution >= 4 is 28.7 Å². The Morgan fingerprint density at radius 3 is 2.88 bits per heavy atom. The number of hydrogen-bond donors (Lipinski definition) is 2. The van der Waals surface area contributed by atoms with Crippen LogP contribution >= 0.6 is 23.6 Å². The van der Waals surface area contributed by atoms with E-state index in [1.807, 2.05) is 6.92 Å². The second-order valence-corrected chi connectivity index (χ2v) is 4.89. The van der Waals surface area contributed by atoms with Crippen LogP contribution in [-0.4, -0.2) is 24.9 Å². The van der Waals surface area contributed by atoms with Crippen LogP contribution in [0.5, 0.6) is 0 Å². The molecular formula is C12H20N2OS2. The van der Waals surface area contributed by atoms with E-state index < -0.39 is 0 Å². The van der Waals surface area contributed by atoms with Gasteiger partial charge in [-0.15, -0.1) is 0 Å². The highest BCUT2D eigenvalue weighted by Crippen LogP contribution is 2.12. The molecule has 0 amide bonds. The van der Waals surface area contributed by atoms with E-state index in [2.05, 4.69) is 28.3 Å². The Labute approximate surface area is 113 Å². The van der Waals surface area contributed by atoms with Crippen LogP contribution in [0.2, 0.25) is 0 Å². The average molecular weight is 272 g/mol. The molecule has 0 aliphatic carbocycles. The lowest BCUT2D eigenvalue weighted by Gasteiger charge is -2.10. The lowest BCUT2D eigenvalue weighted by Crippen LogP contribution is -2.35. The van der Waals surface area contributed by atoms with E-state index in [4.69, 9.17) is 17.0 Å². The Hall–Kier alpha value is -0.650. The summed E-state index contributed by atoms with van der Waals surface area (Å²) in [4.78, 5) is 0. The maximum Gasteiger partial charge on any atom is 0.166 e. The van der Waals surface area contributed by atoms with Crippen molar-refractivity contribution in [3.05, 3.63) is 21.9 Å². The quantitative estimate of drug-likeness (QED) is 0.590. The van der Waals surface area contributed by atoms with Crippen molar-refractivity contribution in [3.63, 3.8) is 0 Å². The second kappa shape index (κ2) is 8.44. The van der Waals surface area contributed by atoms with Gasteiger partial charge in [0.15, 0.2) is 5.11 Å². The van der Waals surface area contributed by atoms with Crippen molar-refractivity contribution in [2.24, 2.45) is 0 Å². The van der Waals surface area contributed by atoms with Gasteiger partial charge in [0.2, 0.25) is 0 Å². The molecule has 96 valence electrons. The first-order valence-electron chi connectivity index (χ1n) is 5.85. The third-order valence-corrected chi connectivity index (χ3v) is 3.56. The molecular weight excluding hydrogens is 252 g/mol. The first kappa shape index (κ1) is 14.4. The third-order valence-electron chi connectivity index (χ3n) is 2.36. The summed E-state index contributed by atoms with van der Waals surface area (Å²) in [5.74, 6) is 0.